The molecule has 1 fully saturated rings. The summed E-state index contributed by atoms with van der Waals surface area (Å²) in [6.07, 6.45) is 3.42. The van der Waals surface area contributed by atoms with E-state index in [1.54, 1.807) is 23.0 Å². The van der Waals surface area contributed by atoms with E-state index in [4.69, 9.17) is 4.74 Å². The number of hydrogen-bond donors (Lipinski definition) is 2. The van der Waals surface area contributed by atoms with E-state index >= 15 is 0 Å². The van der Waals surface area contributed by atoms with Crippen LogP contribution in [0.3, 0.4) is 0 Å². The van der Waals surface area contributed by atoms with E-state index in [1.807, 2.05) is 19.9 Å². The van der Waals surface area contributed by atoms with Gasteiger partial charge in [-0.25, -0.2) is 14.4 Å². The van der Waals surface area contributed by atoms with Crippen molar-refractivity contribution in [3.8, 4) is 5.69 Å². The number of halogens is 1. The van der Waals surface area contributed by atoms with Gasteiger partial charge in [-0.15, -0.1) is 0 Å². The smallest absolute Gasteiger partial charge is 0.191 e. The molecular weight excluding hydrogens is 371 g/mol. The van der Waals surface area contributed by atoms with Crippen molar-refractivity contribution in [2.75, 3.05) is 39.4 Å². The molecule has 0 spiro atoms. The third-order valence-electron chi connectivity index (χ3n) is 5.10. The van der Waals surface area contributed by atoms with E-state index in [0.717, 1.165) is 56.7 Å². The third-order valence-corrected chi connectivity index (χ3v) is 5.10. The highest BCUT2D eigenvalue weighted by molar-refractivity contribution is 5.79. The van der Waals surface area contributed by atoms with Gasteiger partial charge in [-0.1, -0.05) is 6.07 Å². The first-order valence-electron chi connectivity index (χ1n) is 10.2. The molecule has 2 aromatic rings. The highest BCUT2D eigenvalue weighted by Gasteiger charge is 2.17. The second-order valence-corrected chi connectivity index (χ2v) is 7.20. The lowest BCUT2D eigenvalue weighted by molar-refractivity contribution is 0.0211. The molecule has 0 aliphatic carbocycles. The number of ether oxygens (including phenoxy) is 1. The van der Waals surface area contributed by atoms with Crippen LogP contribution in [0.15, 0.2) is 35.6 Å². The van der Waals surface area contributed by atoms with Crippen molar-refractivity contribution in [3.05, 3.63) is 47.8 Å². The molecule has 1 atom stereocenters. The fourth-order valence-electron chi connectivity index (χ4n) is 3.38. The number of aliphatic imine (C=N–C) groups is 1. The van der Waals surface area contributed by atoms with E-state index < -0.39 is 0 Å². The highest BCUT2D eigenvalue weighted by Crippen LogP contribution is 2.17. The lowest BCUT2D eigenvalue weighted by atomic mass is 10.2. The molecule has 158 valence electrons. The average molecular weight is 403 g/mol. The highest BCUT2D eigenvalue weighted by atomic mass is 19.1. The van der Waals surface area contributed by atoms with Crippen LogP contribution < -0.4 is 10.6 Å². The quantitative estimate of drug-likeness (QED) is 0.548. The molecule has 0 radical (unpaired) electrons. The number of benzene rings is 1. The lowest BCUT2D eigenvalue weighted by Gasteiger charge is -2.32. The summed E-state index contributed by atoms with van der Waals surface area (Å²) >= 11 is 0. The van der Waals surface area contributed by atoms with Crippen molar-refractivity contribution in [1.82, 2.24) is 25.1 Å². The first-order chi connectivity index (χ1) is 14.1. The summed E-state index contributed by atoms with van der Waals surface area (Å²) in [5, 5.41) is 6.65. The predicted molar refractivity (Wildman–Crippen MR) is 113 cm³/mol. The van der Waals surface area contributed by atoms with Gasteiger partial charge in [-0.05, 0) is 38.5 Å². The zero-order valence-corrected chi connectivity index (χ0v) is 17.5. The molecule has 1 aromatic heterocycles. The summed E-state index contributed by atoms with van der Waals surface area (Å²) in [6, 6.07) is 5.60. The number of imidazole rings is 1. The normalized spacial score (nSPS) is 16.6. The molecule has 7 nitrogen and oxygen atoms in total. The van der Waals surface area contributed by atoms with Crippen LogP contribution in [0.5, 0.6) is 0 Å². The number of rotatable bonds is 7. The molecule has 1 saturated heterocycles. The van der Waals surface area contributed by atoms with Crippen molar-refractivity contribution >= 4 is 5.96 Å². The van der Waals surface area contributed by atoms with Gasteiger partial charge in [0.25, 0.3) is 0 Å². The van der Waals surface area contributed by atoms with Crippen molar-refractivity contribution in [2.24, 2.45) is 4.99 Å². The molecule has 1 unspecified atom stereocenters. The Kier molecular flexibility index (Phi) is 7.60. The Bertz CT molecular complexity index is 815. The second-order valence-electron chi connectivity index (χ2n) is 7.20. The van der Waals surface area contributed by atoms with E-state index in [1.165, 1.54) is 6.07 Å². The standard InChI is InChI=1S/C21H31FN6O/c1-4-23-21(25-14-16(2)27-9-11-29-12-10-27)26-15-18-5-6-20(19(22)13-18)28-8-7-24-17(28)3/h5-8,13,16H,4,9-12,14-15H2,1-3H3,(H2,23,25,26). The Hall–Kier alpha value is -2.45. The molecule has 29 heavy (non-hydrogen) atoms. The van der Waals surface area contributed by atoms with E-state index in [0.29, 0.717) is 18.3 Å². The monoisotopic (exact) mass is 402 g/mol. The van der Waals surface area contributed by atoms with Gasteiger partial charge in [-0.3, -0.25) is 4.90 Å². The number of morpholine rings is 1. The average Bonchev–Trinajstić information content (AvgIpc) is 3.16. The fourth-order valence-corrected chi connectivity index (χ4v) is 3.38. The molecule has 1 aliphatic heterocycles. The van der Waals surface area contributed by atoms with Gasteiger partial charge in [0, 0.05) is 44.6 Å². The fraction of sp³-hybridized carbons (Fsp3) is 0.524. The Labute approximate surface area is 172 Å². The Morgan fingerprint density at radius 2 is 2.10 bits per heavy atom. The summed E-state index contributed by atoms with van der Waals surface area (Å²) < 4.78 is 21.7. The van der Waals surface area contributed by atoms with Gasteiger partial charge in [0.05, 0.1) is 25.4 Å². The zero-order chi connectivity index (χ0) is 20.6. The third kappa shape index (κ3) is 5.77. The summed E-state index contributed by atoms with van der Waals surface area (Å²) in [6.45, 7) is 11.5. The summed E-state index contributed by atoms with van der Waals surface area (Å²) in [4.78, 5) is 11.2. The van der Waals surface area contributed by atoms with Crippen molar-refractivity contribution in [3.63, 3.8) is 0 Å². The molecule has 0 bridgehead atoms. The van der Waals surface area contributed by atoms with Gasteiger partial charge in [0.15, 0.2) is 5.96 Å². The number of nitrogens with one attached hydrogen (secondary N) is 2. The molecule has 1 aliphatic rings. The van der Waals surface area contributed by atoms with Crippen LogP contribution in [0.1, 0.15) is 25.2 Å². The van der Waals surface area contributed by atoms with E-state index in [2.05, 4.69) is 32.4 Å². The number of aromatic nitrogens is 2. The number of aryl methyl sites for hydroxylation is 1. The molecule has 3 rings (SSSR count). The SMILES string of the molecule is CCNC(=NCc1ccc(-n2ccnc2C)c(F)c1)NCC(C)N1CCOCC1. The number of hydrogen-bond acceptors (Lipinski definition) is 4. The summed E-state index contributed by atoms with van der Waals surface area (Å²) in [7, 11) is 0. The molecule has 8 heteroatoms. The van der Waals surface area contributed by atoms with Crippen molar-refractivity contribution < 1.29 is 9.13 Å². The predicted octanol–water partition coefficient (Wildman–Crippen LogP) is 2.10. The largest absolute Gasteiger partial charge is 0.379 e. The summed E-state index contributed by atoms with van der Waals surface area (Å²) in [5.74, 6) is 1.21. The number of nitrogens with zero attached hydrogens (tertiary/aromatic N) is 4. The molecule has 2 heterocycles. The first kappa shape index (κ1) is 21.3. The minimum absolute atomic E-state index is 0.280. The van der Waals surface area contributed by atoms with Gasteiger partial charge < -0.3 is 19.9 Å². The van der Waals surface area contributed by atoms with Crippen molar-refractivity contribution in [1.29, 1.82) is 0 Å². The minimum Gasteiger partial charge on any atom is -0.379 e. The zero-order valence-electron chi connectivity index (χ0n) is 17.5. The maximum atomic E-state index is 14.6. The Balaban J connectivity index is 1.60. The molecule has 1 aromatic carbocycles. The molecule has 0 saturated carbocycles. The minimum atomic E-state index is -0.280. The van der Waals surface area contributed by atoms with E-state index in [-0.39, 0.29) is 5.82 Å². The van der Waals surface area contributed by atoms with Crippen LogP contribution in [0, 0.1) is 12.7 Å². The topological polar surface area (TPSA) is 66.7 Å². The van der Waals surface area contributed by atoms with Gasteiger partial charge in [-0.2, -0.15) is 0 Å². The maximum Gasteiger partial charge on any atom is 0.191 e. The van der Waals surface area contributed by atoms with Gasteiger partial charge >= 0.3 is 0 Å². The maximum absolute atomic E-state index is 14.6. The second kappa shape index (κ2) is 10.4. The first-order valence-corrected chi connectivity index (χ1v) is 10.2. The van der Waals surface area contributed by atoms with Crippen molar-refractivity contribution in [2.45, 2.75) is 33.4 Å². The van der Waals surface area contributed by atoms with Crippen LogP contribution in [0.2, 0.25) is 0 Å². The molecule has 2 N–H and O–H groups in total. The van der Waals surface area contributed by atoms with Crippen LogP contribution in [0.25, 0.3) is 5.69 Å². The van der Waals surface area contributed by atoms with Crippen LogP contribution in [-0.2, 0) is 11.3 Å². The van der Waals surface area contributed by atoms with E-state index in [9.17, 15) is 4.39 Å². The van der Waals surface area contributed by atoms with Crippen LogP contribution in [0.4, 0.5) is 4.39 Å². The number of guanidine groups is 1. The Morgan fingerprint density at radius 1 is 1.31 bits per heavy atom. The van der Waals surface area contributed by atoms with Gasteiger partial charge in [0.1, 0.15) is 11.6 Å². The molecule has 0 amide bonds. The van der Waals surface area contributed by atoms with Gasteiger partial charge in [0.2, 0.25) is 0 Å². The van der Waals surface area contributed by atoms with Crippen LogP contribution in [-0.4, -0.2) is 65.8 Å². The lowest BCUT2D eigenvalue weighted by Crippen LogP contribution is -2.49. The summed E-state index contributed by atoms with van der Waals surface area (Å²) in [5.41, 5.74) is 1.32. The van der Waals surface area contributed by atoms with Crippen LogP contribution >= 0.6 is 0 Å². The Morgan fingerprint density at radius 3 is 2.76 bits per heavy atom. The molecular formula is C21H31FN6O.